The van der Waals surface area contributed by atoms with Crippen molar-refractivity contribution in [3.05, 3.63) is 53.1 Å². The third-order valence-corrected chi connectivity index (χ3v) is 4.84. The van der Waals surface area contributed by atoms with E-state index >= 15 is 0 Å². The highest BCUT2D eigenvalue weighted by molar-refractivity contribution is 7.92. The van der Waals surface area contributed by atoms with Crippen molar-refractivity contribution in [3.63, 3.8) is 0 Å². The highest BCUT2D eigenvalue weighted by Gasteiger charge is 2.08. The third kappa shape index (κ3) is 4.64. The lowest BCUT2D eigenvalue weighted by molar-refractivity contribution is 0.600. The second-order valence-corrected chi connectivity index (χ2v) is 7.36. The van der Waals surface area contributed by atoms with Crippen molar-refractivity contribution >= 4 is 38.7 Å². The van der Waals surface area contributed by atoms with E-state index in [1.807, 2.05) is 44.2 Å². The minimum absolute atomic E-state index is 0.120. The van der Waals surface area contributed by atoms with E-state index in [2.05, 4.69) is 10.0 Å². The molecule has 2 N–H and O–H groups in total. The summed E-state index contributed by atoms with van der Waals surface area (Å²) in [4.78, 5) is 0. The van der Waals surface area contributed by atoms with Crippen molar-refractivity contribution in [3.8, 4) is 0 Å². The van der Waals surface area contributed by atoms with Crippen LogP contribution in [0.3, 0.4) is 0 Å². The van der Waals surface area contributed by atoms with Crippen LogP contribution < -0.4 is 10.0 Å². The molecule has 2 aromatic rings. The molecule has 0 heterocycles. The predicted molar refractivity (Wildman–Crippen MR) is 93.6 cm³/mol. The van der Waals surface area contributed by atoms with E-state index in [0.717, 1.165) is 16.9 Å². The van der Waals surface area contributed by atoms with Gasteiger partial charge in [0.05, 0.1) is 5.75 Å². The Bertz CT molecular complexity index is 743. The van der Waals surface area contributed by atoms with Crippen molar-refractivity contribution < 1.29 is 8.42 Å². The first-order valence-electron chi connectivity index (χ1n) is 7.03. The van der Waals surface area contributed by atoms with Crippen LogP contribution in [0.1, 0.15) is 18.9 Å². The van der Waals surface area contributed by atoms with E-state index in [9.17, 15) is 8.42 Å². The summed E-state index contributed by atoms with van der Waals surface area (Å²) >= 11 is 5.99. The summed E-state index contributed by atoms with van der Waals surface area (Å²) < 4.78 is 26.0. The van der Waals surface area contributed by atoms with Gasteiger partial charge in [0.15, 0.2) is 0 Å². The second-order valence-electron chi connectivity index (χ2n) is 5.08. The van der Waals surface area contributed by atoms with Gasteiger partial charge in [0.1, 0.15) is 0 Å². The summed E-state index contributed by atoms with van der Waals surface area (Å²) in [5, 5.41) is 3.93. The van der Waals surface area contributed by atoms with Crippen LogP contribution >= 0.6 is 11.6 Å². The van der Waals surface area contributed by atoms with Crippen LogP contribution in [-0.4, -0.2) is 14.2 Å². The van der Waals surface area contributed by atoms with Crippen LogP contribution in [0.2, 0.25) is 5.02 Å². The van der Waals surface area contributed by atoms with Gasteiger partial charge in [-0.15, -0.1) is 0 Å². The predicted octanol–water partition coefficient (Wildman–Crippen LogP) is 4.54. The maximum absolute atomic E-state index is 11.7. The molecule has 0 fully saturated rings. The van der Waals surface area contributed by atoms with E-state index in [0.29, 0.717) is 17.1 Å². The number of aryl methyl sites for hydroxylation is 1. The lowest BCUT2D eigenvalue weighted by Crippen LogP contribution is -2.15. The molecule has 0 aliphatic heterocycles. The van der Waals surface area contributed by atoms with Gasteiger partial charge in [-0.05, 0) is 55.3 Å². The Morgan fingerprint density at radius 3 is 2.32 bits per heavy atom. The molecular weight excluding hydrogens is 320 g/mol. The van der Waals surface area contributed by atoms with Crippen molar-refractivity contribution in [1.29, 1.82) is 0 Å². The Morgan fingerprint density at radius 2 is 1.68 bits per heavy atom. The summed E-state index contributed by atoms with van der Waals surface area (Å²) in [5.41, 5.74) is 3.43. The Morgan fingerprint density at radius 1 is 1.05 bits per heavy atom. The van der Waals surface area contributed by atoms with Gasteiger partial charge in [-0.25, -0.2) is 8.42 Å². The summed E-state index contributed by atoms with van der Waals surface area (Å²) in [7, 11) is -3.26. The van der Waals surface area contributed by atoms with Crippen LogP contribution in [0.25, 0.3) is 0 Å². The third-order valence-electron chi connectivity index (χ3n) is 3.11. The minimum Gasteiger partial charge on any atom is -0.355 e. The molecule has 6 heteroatoms. The average molecular weight is 339 g/mol. The van der Waals surface area contributed by atoms with Gasteiger partial charge < -0.3 is 5.32 Å². The Hall–Kier alpha value is -1.72. The van der Waals surface area contributed by atoms with Gasteiger partial charge >= 0.3 is 0 Å². The minimum atomic E-state index is -3.26. The lowest BCUT2D eigenvalue weighted by atomic mass is 10.2. The van der Waals surface area contributed by atoms with Crippen molar-refractivity contribution in [2.45, 2.75) is 20.3 Å². The van der Waals surface area contributed by atoms with Gasteiger partial charge in [0.25, 0.3) is 0 Å². The van der Waals surface area contributed by atoms with E-state index < -0.39 is 10.0 Å². The molecule has 0 saturated heterocycles. The molecule has 0 unspecified atom stereocenters. The molecule has 0 amide bonds. The van der Waals surface area contributed by atoms with Crippen LogP contribution in [0.5, 0.6) is 0 Å². The molecule has 0 atom stereocenters. The van der Waals surface area contributed by atoms with E-state index in [-0.39, 0.29) is 5.75 Å². The number of rotatable bonds is 6. The molecule has 2 rings (SSSR count). The van der Waals surface area contributed by atoms with Gasteiger partial charge in [-0.3, -0.25) is 4.72 Å². The second kappa shape index (κ2) is 7.03. The quantitative estimate of drug-likeness (QED) is 0.812. The Labute approximate surface area is 136 Å². The zero-order valence-corrected chi connectivity index (χ0v) is 14.1. The summed E-state index contributed by atoms with van der Waals surface area (Å²) in [6, 6.07) is 12.7. The fourth-order valence-electron chi connectivity index (χ4n) is 2.01. The van der Waals surface area contributed by atoms with Crippen LogP contribution in [0.4, 0.5) is 17.1 Å². The normalized spacial score (nSPS) is 11.2. The first-order valence-corrected chi connectivity index (χ1v) is 9.06. The zero-order valence-electron chi connectivity index (χ0n) is 12.6. The first-order chi connectivity index (χ1) is 10.4. The summed E-state index contributed by atoms with van der Waals surface area (Å²) in [6.45, 7) is 3.82. The molecule has 0 aliphatic rings. The lowest BCUT2D eigenvalue weighted by Gasteiger charge is -2.11. The maximum Gasteiger partial charge on any atom is 0.232 e. The molecule has 2 aromatic carbocycles. The van der Waals surface area contributed by atoms with Crippen LogP contribution in [0, 0.1) is 6.92 Å². The smallest absolute Gasteiger partial charge is 0.232 e. The average Bonchev–Trinajstić information content (AvgIpc) is 2.44. The molecule has 0 bridgehead atoms. The number of hydrogen-bond donors (Lipinski definition) is 2. The highest BCUT2D eigenvalue weighted by Crippen LogP contribution is 2.25. The number of nitrogens with one attached hydrogen (secondary N) is 2. The zero-order chi connectivity index (χ0) is 16.2. The van der Waals surface area contributed by atoms with Crippen molar-refractivity contribution in [1.82, 2.24) is 0 Å². The molecule has 118 valence electrons. The fraction of sp³-hybridized carbons (Fsp3) is 0.250. The van der Waals surface area contributed by atoms with Gasteiger partial charge in [-0.1, -0.05) is 24.6 Å². The summed E-state index contributed by atoms with van der Waals surface area (Å²) in [6.07, 6.45) is 0.586. The molecule has 0 aromatic heterocycles. The molecule has 0 spiro atoms. The van der Waals surface area contributed by atoms with E-state index in [1.165, 1.54) is 0 Å². The topological polar surface area (TPSA) is 58.2 Å². The van der Waals surface area contributed by atoms with E-state index in [4.69, 9.17) is 11.6 Å². The Kier molecular flexibility index (Phi) is 5.32. The number of halogens is 1. The molecule has 0 saturated carbocycles. The summed E-state index contributed by atoms with van der Waals surface area (Å²) in [5.74, 6) is 0.120. The number of sulfonamides is 1. The number of anilines is 3. The maximum atomic E-state index is 11.7. The Balaban J connectivity index is 2.11. The first kappa shape index (κ1) is 16.6. The van der Waals surface area contributed by atoms with Crippen LogP contribution in [0.15, 0.2) is 42.5 Å². The van der Waals surface area contributed by atoms with Gasteiger partial charge in [0.2, 0.25) is 10.0 Å². The molecule has 4 nitrogen and oxygen atoms in total. The van der Waals surface area contributed by atoms with E-state index in [1.54, 1.807) is 12.1 Å². The number of hydrogen-bond acceptors (Lipinski definition) is 3. The van der Waals surface area contributed by atoms with Crippen molar-refractivity contribution in [2.75, 3.05) is 15.8 Å². The van der Waals surface area contributed by atoms with Gasteiger partial charge in [-0.2, -0.15) is 0 Å². The van der Waals surface area contributed by atoms with Crippen LogP contribution in [-0.2, 0) is 10.0 Å². The standard InChI is InChI=1S/C16H19ClN2O2S/c1-3-10-22(20,21)19-15-8-6-14(7-9-15)18-16-11-13(17)5-4-12(16)2/h4-9,11,18-19H,3,10H2,1-2H3. The number of benzene rings is 2. The SMILES string of the molecule is CCCS(=O)(=O)Nc1ccc(Nc2cc(Cl)ccc2C)cc1. The molecular formula is C16H19ClN2O2S. The highest BCUT2D eigenvalue weighted by atomic mass is 35.5. The molecule has 0 aliphatic carbocycles. The largest absolute Gasteiger partial charge is 0.355 e. The molecule has 0 radical (unpaired) electrons. The van der Waals surface area contributed by atoms with Crippen molar-refractivity contribution in [2.24, 2.45) is 0 Å². The monoisotopic (exact) mass is 338 g/mol. The van der Waals surface area contributed by atoms with Gasteiger partial charge in [0, 0.05) is 22.1 Å². The molecule has 22 heavy (non-hydrogen) atoms. The fourth-order valence-corrected chi connectivity index (χ4v) is 3.31.